The van der Waals surface area contributed by atoms with Gasteiger partial charge >= 0.3 is 6.18 Å². The summed E-state index contributed by atoms with van der Waals surface area (Å²) >= 11 is 0. The number of hydrogen-bond donors (Lipinski definition) is 2. The summed E-state index contributed by atoms with van der Waals surface area (Å²) in [5, 5.41) is 6.50. The van der Waals surface area contributed by atoms with Crippen LogP contribution in [0, 0.1) is 17.8 Å². The summed E-state index contributed by atoms with van der Waals surface area (Å²) in [4.78, 5) is 17.7. The van der Waals surface area contributed by atoms with Crippen molar-refractivity contribution in [2.45, 2.75) is 75.7 Å². The Kier molecular flexibility index (Phi) is 7.34. The number of halogens is 4. The number of carbonyl (C=O) groups excluding carboxylic acids is 1. The molecule has 2 N–H and O–H groups in total. The lowest BCUT2D eigenvalue weighted by Gasteiger charge is -2.47. The second kappa shape index (κ2) is 9.72. The van der Waals surface area contributed by atoms with Gasteiger partial charge in [-0.2, -0.15) is 13.2 Å². The molecule has 10 heteroatoms. The molecule has 4 aliphatic rings. The molecule has 3 heterocycles. The highest BCUT2D eigenvalue weighted by atomic mass is 19.4. The number of amides is 1. The van der Waals surface area contributed by atoms with E-state index in [2.05, 4.69) is 15.5 Å². The van der Waals surface area contributed by atoms with E-state index < -0.39 is 30.6 Å². The van der Waals surface area contributed by atoms with Crippen molar-refractivity contribution >= 4 is 5.91 Å². The van der Waals surface area contributed by atoms with Crippen LogP contribution in [0.4, 0.5) is 17.6 Å². The number of alkyl halides is 4. The fourth-order valence-electron chi connectivity index (χ4n) is 6.46. The molecule has 0 radical (unpaired) electrons. The molecule has 5 atom stereocenters. The van der Waals surface area contributed by atoms with Crippen molar-refractivity contribution < 1.29 is 22.4 Å². The summed E-state index contributed by atoms with van der Waals surface area (Å²) < 4.78 is 55.0. The maximum absolute atomic E-state index is 15.8. The summed E-state index contributed by atoms with van der Waals surface area (Å²) in [6.07, 6.45) is -2.26. The number of hydrogen-bond acceptors (Lipinski definition) is 5. The second-order valence-electron chi connectivity index (χ2n) is 10.3. The first kappa shape index (κ1) is 24.2. The Morgan fingerprint density at radius 1 is 1.12 bits per heavy atom. The normalized spacial score (nSPS) is 39.9. The molecule has 5 unspecified atom stereocenters. The zero-order valence-corrected chi connectivity index (χ0v) is 19.1. The van der Waals surface area contributed by atoms with Crippen LogP contribution in [0.3, 0.4) is 0 Å². The number of carbonyl (C=O) groups is 1. The molecule has 0 aromatic carbocycles. The highest BCUT2D eigenvalue weighted by molar-refractivity contribution is 5.78. The molecule has 0 aromatic heterocycles. The second-order valence-corrected chi connectivity index (χ2v) is 10.3. The highest BCUT2D eigenvalue weighted by Gasteiger charge is 2.47. The molecule has 1 amide bonds. The Labute approximate surface area is 188 Å². The molecule has 1 aliphatic carbocycles. The molecule has 0 bridgehead atoms. The van der Waals surface area contributed by atoms with E-state index in [1.807, 2.05) is 11.9 Å². The highest BCUT2D eigenvalue weighted by Crippen LogP contribution is 2.43. The molecule has 3 saturated heterocycles. The van der Waals surface area contributed by atoms with Crippen LogP contribution in [0.25, 0.3) is 0 Å². The third-order valence-corrected chi connectivity index (χ3v) is 8.15. The average Bonchev–Trinajstić information content (AvgIpc) is 3.34. The lowest BCUT2D eigenvalue weighted by molar-refractivity contribution is -0.185. The Balaban J connectivity index is 1.35. The van der Waals surface area contributed by atoms with Gasteiger partial charge < -0.3 is 4.90 Å². The van der Waals surface area contributed by atoms with Crippen molar-refractivity contribution in [3.8, 4) is 0 Å². The van der Waals surface area contributed by atoms with Crippen LogP contribution in [0.1, 0.15) is 44.9 Å². The Bertz CT molecular complexity index is 657. The zero-order chi connectivity index (χ0) is 23.0. The van der Waals surface area contributed by atoms with Gasteiger partial charge in [0, 0.05) is 45.8 Å². The van der Waals surface area contributed by atoms with E-state index in [0.717, 1.165) is 19.4 Å². The van der Waals surface area contributed by atoms with E-state index in [1.165, 1.54) is 0 Å². The predicted octanol–water partition coefficient (Wildman–Crippen LogP) is 2.37. The predicted molar refractivity (Wildman–Crippen MR) is 113 cm³/mol. The lowest BCUT2D eigenvalue weighted by Crippen LogP contribution is -2.69. The van der Waals surface area contributed by atoms with E-state index >= 15 is 4.39 Å². The Morgan fingerprint density at radius 2 is 1.84 bits per heavy atom. The molecule has 0 aromatic rings. The standard InChI is InChI=1S/C22H37F4N5O/c1-29-11-14(10-18(29)32)12-30(2)20-19(23)21(28-13-27-20)31-9-3-4-17(31)15-5-7-16(8-6-15)22(24,25)26/h14-17,19-21,27-28H,3-13H2,1-2H3. The monoisotopic (exact) mass is 463 g/mol. The topological polar surface area (TPSA) is 50.9 Å². The minimum atomic E-state index is -4.10. The molecule has 0 spiro atoms. The molecule has 6 nitrogen and oxygen atoms in total. The average molecular weight is 464 g/mol. The number of likely N-dealkylation sites (tertiary alicyclic amines) is 2. The van der Waals surface area contributed by atoms with E-state index in [9.17, 15) is 18.0 Å². The first-order valence-corrected chi connectivity index (χ1v) is 12.0. The van der Waals surface area contributed by atoms with Gasteiger partial charge in [-0.25, -0.2) is 4.39 Å². The van der Waals surface area contributed by atoms with Gasteiger partial charge in [-0.15, -0.1) is 0 Å². The number of nitrogens with zero attached hydrogens (tertiary/aromatic N) is 3. The van der Waals surface area contributed by atoms with Crippen LogP contribution in [0.2, 0.25) is 0 Å². The van der Waals surface area contributed by atoms with Gasteiger partial charge in [0.15, 0.2) is 6.17 Å². The third-order valence-electron chi connectivity index (χ3n) is 8.15. The van der Waals surface area contributed by atoms with Crippen molar-refractivity contribution in [3.63, 3.8) is 0 Å². The van der Waals surface area contributed by atoms with Gasteiger partial charge in [0.1, 0.15) is 0 Å². The fraction of sp³-hybridized carbons (Fsp3) is 0.955. The molecule has 4 rings (SSSR count). The molecular weight excluding hydrogens is 426 g/mol. The van der Waals surface area contributed by atoms with Crippen molar-refractivity contribution in [2.24, 2.45) is 17.8 Å². The van der Waals surface area contributed by atoms with Crippen LogP contribution < -0.4 is 10.6 Å². The lowest BCUT2D eigenvalue weighted by atomic mass is 9.77. The number of nitrogens with one attached hydrogen (secondary N) is 2. The largest absolute Gasteiger partial charge is 0.391 e. The molecular formula is C22H37F4N5O. The summed E-state index contributed by atoms with van der Waals surface area (Å²) in [6.45, 7) is 2.60. The van der Waals surface area contributed by atoms with Crippen molar-refractivity contribution in [2.75, 3.05) is 40.4 Å². The van der Waals surface area contributed by atoms with Crippen LogP contribution >= 0.6 is 0 Å². The van der Waals surface area contributed by atoms with Crippen molar-refractivity contribution in [3.05, 3.63) is 0 Å². The minimum Gasteiger partial charge on any atom is -0.345 e. The maximum atomic E-state index is 15.8. The fourth-order valence-corrected chi connectivity index (χ4v) is 6.46. The molecule has 184 valence electrons. The Hall–Kier alpha value is -0.970. The van der Waals surface area contributed by atoms with E-state index in [0.29, 0.717) is 39.0 Å². The summed E-state index contributed by atoms with van der Waals surface area (Å²) in [5.41, 5.74) is 0. The first-order chi connectivity index (χ1) is 15.1. The third kappa shape index (κ3) is 5.08. The van der Waals surface area contributed by atoms with Gasteiger partial charge in [-0.1, -0.05) is 0 Å². The van der Waals surface area contributed by atoms with Gasteiger partial charge in [-0.05, 0) is 57.4 Å². The summed E-state index contributed by atoms with van der Waals surface area (Å²) in [6, 6.07) is 0.144. The minimum absolute atomic E-state index is 0.136. The smallest absolute Gasteiger partial charge is 0.345 e. The van der Waals surface area contributed by atoms with E-state index in [4.69, 9.17) is 0 Å². The van der Waals surface area contributed by atoms with Gasteiger partial charge in [0.2, 0.25) is 5.91 Å². The quantitative estimate of drug-likeness (QED) is 0.614. The Morgan fingerprint density at radius 3 is 2.47 bits per heavy atom. The number of rotatable bonds is 5. The van der Waals surface area contributed by atoms with Crippen molar-refractivity contribution in [1.29, 1.82) is 0 Å². The van der Waals surface area contributed by atoms with E-state index in [1.54, 1.807) is 11.9 Å². The summed E-state index contributed by atoms with van der Waals surface area (Å²) in [7, 11) is 3.70. The molecule has 3 aliphatic heterocycles. The summed E-state index contributed by atoms with van der Waals surface area (Å²) in [5.74, 6) is -0.644. The molecule has 32 heavy (non-hydrogen) atoms. The van der Waals surface area contributed by atoms with Crippen LogP contribution in [-0.4, -0.2) is 91.7 Å². The molecule has 1 saturated carbocycles. The van der Waals surface area contributed by atoms with Crippen LogP contribution in [-0.2, 0) is 4.79 Å². The van der Waals surface area contributed by atoms with Gasteiger partial charge in [-0.3, -0.25) is 25.2 Å². The van der Waals surface area contributed by atoms with E-state index in [-0.39, 0.29) is 36.6 Å². The first-order valence-electron chi connectivity index (χ1n) is 12.0. The van der Waals surface area contributed by atoms with Gasteiger partial charge in [0.05, 0.1) is 18.2 Å². The van der Waals surface area contributed by atoms with Crippen LogP contribution in [0.15, 0.2) is 0 Å². The maximum Gasteiger partial charge on any atom is 0.391 e. The SMILES string of the molecule is CN1CC(CN(C)C2NCNC(N3CCCC3C3CCC(C(F)(F)F)CC3)C2F)CC1=O. The zero-order valence-electron chi connectivity index (χ0n) is 19.1. The van der Waals surface area contributed by atoms with Crippen LogP contribution in [0.5, 0.6) is 0 Å². The van der Waals surface area contributed by atoms with Crippen molar-refractivity contribution in [1.82, 2.24) is 25.3 Å². The molecule has 4 fully saturated rings. The van der Waals surface area contributed by atoms with Gasteiger partial charge in [0.25, 0.3) is 0 Å².